The summed E-state index contributed by atoms with van der Waals surface area (Å²) in [4.78, 5) is 9.15. The van der Waals surface area contributed by atoms with Crippen LogP contribution in [-0.2, 0) is 5.88 Å². The Morgan fingerprint density at radius 2 is 2.06 bits per heavy atom. The van der Waals surface area contributed by atoms with Crippen LogP contribution in [0, 0.1) is 6.92 Å². The summed E-state index contributed by atoms with van der Waals surface area (Å²) in [5.74, 6) is 0.347. The highest BCUT2D eigenvalue weighted by Gasteiger charge is 2.31. The molecule has 0 bridgehead atoms. The largest absolute Gasteiger partial charge is 0.406 e. The first-order chi connectivity index (χ1) is 8.37. The first-order valence-electron chi connectivity index (χ1n) is 5.57. The van der Waals surface area contributed by atoms with Gasteiger partial charge in [0, 0.05) is 24.0 Å². The van der Waals surface area contributed by atoms with Crippen molar-refractivity contribution in [2.24, 2.45) is 0 Å². The second-order valence-corrected chi connectivity index (χ2v) is 4.22. The Labute approximate surface area is 109 Å². The van der Waals surface area contributed by atoms with Gasteiger partial charge in [-0.3, -0.25) is 0 Å². The molecule has 1 rings (SSSR count). The highest BCUT2D eigenvalue weighted by molar-refractivity contribution is 6.17. The highest BCUT2D eigenvalue weighted by atomic mass is 35.5. The minimum atomic E-state index is -4.27. The van der Waals surface area contributed by atoms with E-state index in [0.717, 1.165) is 10.5 Å². The van der Waals surface area contributed by atoms with Crippen molar-refractivity contribution in [3.63, 3.8) is 0 Å². The summed E-state index contributed by atoms with van der Waals surface area (Å²) in [7, 11) is 0. The lowest BCUT2D eigenvalue weighted by molar-refractivity contribution is -0.119. The molecule has 0 amide bonds. The molecule has 0 unspecified atom stereocenters. The highest BCUT2D eigenvalue weighted by Crippen LogP contribution is 2.20. The fraction of sp³-hybridized carbons (Fsp3) is 0.636. The maximum absolute atomic E-state index is 12.4. The number of nitrogens with zero attached hydrogens (tertiary/aromatic N) is 3. The number of alkyl halides is 4. The van der Waals surface area contributed by atoms with Gasteiger partial charge in [0.05, 0.1) is 5.88 Å². The van der Waals surface area contributed by atoms with E-state index in [1.165, 1.54) is 6.20 Å². The first kappa shape index (κ1) is 15.0. The molecule has 0 aliphatic carbocycles. The molecule has 0 fully saturated rings. The second kappa shape index (κ2) is 6.22. The molecule has 3 nitrogen and oxygen atoms in total. The SMILES string of the molecule is CCCN(CC(F)(F)F)c1ncc(CCl)c(C)n1. The predicted octanol–water partition coefficient (Wildman–Crippen LogP) is 3.30. The molecule has 0 radical (unpaired) electrons. The van der Waals surface area contributed by atoms with Crippen LogP contribution in [0.25, 0.3) is 0 Å². The van der Waals surface area contributed by atoms with Gasteiger partial charge in [-0.05, 0) is 13.3 Å². The topological polar surface area (TPSA) is 29.0 Å². The van der Waals surface area contributed by atoms with Crippen LogP contribution in [0.5, 0.6) is 0 Å². The molecule has 0 aliphatic heterocycles. The van der Waals surface area contributed by atoms with Crippen molar-refractivity contribution in [3.8, 4) is 0 Å². The number of anilines is 1. The Morgan fingerprint density at radius 1 is 1.39 bits per heavy atom. The van der Waals surface area contributed by atoms with Crippen LogP contribution in [0.1, 0.15) is 24.6 Å². The maximum atomic E-state index is 12.4. The molecule has 7 heteroatoms. The first-order valence-corrected chi connectivity index (χ1v) is 6.11. The predicted molar refractivity (Wildman–Crippen MR) is 64.9 cm³/mol. The van der Waals surface area contributed by atoms with Gasteiger partial charge in [-0.15, -0.1) is 11.6 Å². The van der Waals surface area contributed by atoms with Gasteiger partial charge >= 0.3 is 6.18 Å². The second-order valence-electron chi connectivity index (χ2n) is 3.95. The zero-order valence-electron chi connectivity index (χ0n) is 10.3. The molecule has 0 spiro atoms. The fourth-order valence-electron chi connectivity index (χ4n) is 1.50. The van der Waals surface area contributed by atoms with Gasteiger partial charge in [0.2, 0.25) is 5.95 Å². The third kappa shape index (κ3) is 4.33. The summed E-state index contributed by atoms with van der Waals surface area (Å²) in [5, 5.41) is 0. The van der Waals surface area contributed by atoms with E-state index in [1.807, 2.05) is 6.92 Å². The van der Waals surface area contributed by atoms with Crippen molar-refractivity contribution in [1.82, 2.24) is 9.97 Å². The fourth-order valence-corrected chi connectivity index (χ4v) is 1.76. The molecule has 0 saturated carbocycles. The van der Waals surface area contributed by atoms with E-state index in [9.17, 15) is 13.2 Å². The average Bonchev–Trinajstić information content (AvgIpc) is 2.26. The van der Waals surface area contributed by atoms with E-state index in [4.69, 9.17) is 11.6 Å². The lowest BCUT2D eigenvalue weighted by atomic mass is 10.3. The zero-order valence-corrected chi connectivity index (χ0v) is 11.0. The summed E-state index contributed by atoms with van der Waals surface area (Å²) in [6.45, 7) is 2.74. The number of hydrogen-bond acceptors (Lipinski definition) is 3. The van der Waals surface area contributed by atoms with E-state index in [2.05, 4.69) is 9.97 Å². The van der Waals surface area contributed by atoms with Crippen LogP contribution < -0.4 is 4.90 Å². The summed E-state index contributed by atoms with van der Waals surface area (Å²) in [6.07, 6.45) is -2.20. The van der Waals surface area contributed by atoms with Gasteiger partial charge < -0.3 is 4.90 Å². The van der Waals surface area contributed by atoms with Gasteiger partial charge in [-0.1, -0.05) is 6.92 Å². The zero-order chi connectivity index (χ0) is 13.8. The molecule has 1 aromatic heterocycles. The quantitative estimate of drug-likeness (QED) is 0.776. The summed E-state index contributed by atoms with van der Waals surface area (Å²) in [5.41, 5.74) is 1.34. The summed E-state index contributed by atoms with van der Waals surface area (Å²) < 4.78 is 37.3. The van der Waals surface area contributed by atoms with Crippen LogP contribution >= 0.6 is 11.6 Å². The molecule has 18 heavy (non-hydrogen) atoms. The van der Waals surface area contributed by atoms with Gasteiger partial charge in [0.25, 0.3) is 0 Å². The third-order valence-corrected chi connectivity index (χ3v) is 2.65. The normalized spacial score (nSPS) is 11.7. The number of halogens is 4. The molecule has 1 heterocycles. The summed E-state index contributed by atoms with van der Waals surface area (Å²) in [6, 6.07) is 0. The third-order valence-electron chi connectivity index (χ3n) is 2.36. The molecule has 0 saturated heterocycles. The Hall–Kier alpha value is -1.04. The lowest BCUT2D eigenvalue weighted by Gasteiger charge is -2.23. The molecule has 0 aromatic carbocycles. The molecule has 1 aromatic rings. The molecule has 0 aliphatic rings. The van der Waals surface area contributed by atoms with Crippen molar-refractivity contribution in [2.75, 3.05) is 18.0 Å². The van der Waals surface area contributed by atoms with Crippen LogP contribution in [0.15, 0.2) is 6.20 Å². The number of aromatic nitrogens is 2. The van der Waals surface area contributed by atoms with Gasteiger partial charge in [0.15, 0.2) is 0 Å². The van der Waals surface area contributed by atoms with E-state index in [0.29, 0.717) is 12.1 Å². The molecule has 0 atom stereocenters. The Bertz CT molecular complexity index is 396. The summed E-state index contributed by atoms with van der Waals surface area (Å²) >= 11 is 5.66. The van der Waals surface area contributed by atoms with Gasteiger partial charge in [-0.25, -0.2) is 9.97 Å². The number of aryl methyl sites for hydroxylation is 1. The standard InChI is InChI=1S/C11H15ClF3N3/c1-3-4-18(7-11(13,14)15)10-16-6-9(5-12)8(2)17-10/h6H,3-5,7H2,1-2H3. The van der Waals surface area contributed by atoms with Crippen LogP contribution in [-0.4, -0.2) is 29.2 Å². The smallest absolute Gasteiger partial charge is 0.332 e. The van der Waals surface area contributed by atoms with E-state index in [1.54, 1.807) is 6.92 Å². The Balaban J connectivity index is 2.95. The monoisotopic (exact) mass is 281 g/mol. The number of rotatable bonds is 5. The van der Waals surface area contributed by atoms with Crippen molar-refractivity contribution in [3.05, 3.63) is 17.5 Å². The van der Waals surface area contributed by atoms with Crippen LogP contribution in [0.3, 0.4) is 0 Å². The molecule has 0 N–H and O–H groups in total. The van der Waals surface area contributed by atoms with Crippen molar-refractivity contribution >= 4 is 17.5 Å². The lowest BCUT2D eigenvalue weighted by Crippen LogP contribution is -2.36. The maximum Gasteiger partial charge on any atom is 0.406 e. The van der Waals surface area contributed by atoms with Crippen molar-refractivity contribution < 1.29 is 13.2 Å². The van der Waals surface area contributed by atoms with Gasteiger partial charge in [-0.2, -0.15) is 13.2 Å². The average molecular weight is 282 g/mol. The van der Waals surface area contributed by atoms with Gasteiger partial charge in [0.1, 0.15) is 6.54 Å². The van der Waals surface area contributed by atoms with E-state index in [-0.39, 0.29) is 18.4 Å². The Morgan fingerprint density at radius 3 is 2.50 bits per heavy atom. The van der Waals surface area contributed by atoms with Crippen molar-refractivity contribution in [2.45, 2.75) is 32.3 Å². The number of hydrogen-bond donors (Lipinski definition) is 0. The van der Waals surface area contributed by atoms with E-state index < -0.39 is 12.7 Å². The molecular formula is C11H15ClF3N3. The van der Waals surface area contributed by atoms with E-state index >= 15 is 0 Å². The van der Waals surface area contributed by atoms with Crippen LogP contribution in [0.2, 0.25) is 0 Å². The van der Waals surface area contributed by atoms with Crippen LogP contribution in [0.4, 0.5) is 19.1 Å². The molecule has 102 valence electrons. The molecular weight excluding hydrogens is 267 g/mol. The van der Waals surface area contributed by atoms with Crippen molar-refractivity contribution in [1.29, 1.82) is 0 Å². The minimum absolute atomic E-state index is 0.0977. The Kier molecular flexibility index (Phi) is 5.19. The minimum Gasteiger partial charge on any atom is -0.332 e.